The van der Waals surface area contributed by atoms with E-state index in [4.69, 9.17) is 0 Å². The van der Waals surface area contributed by atoms with E-state index in [-0.39, 0.29) is 23.8 Å². The van der Waals surface area contributed by atoms with Crippen molar-refractivity contribution in [2.24, 2.45) is 0 Å². The molecule has 0 spiro atoms. The molecule has 0 bridgehead atoms. The summed E-state index contributed by atoms with van der Waals surface area (Å²) < 4.78 is 50.9. The van der Waals surface area contributed by atoms with Crippen LogP contribution in [0.15, 0.2) is 17.3 Å². The number of aromatic nitrogens is 2. The molecule has 0 aliphatic heterocycles. The molecule has 1 rings (SSSR count). The third-order valence-corrected chi connectivity index (χ3v) is 3.56. The zero-order valence-electron chi connectivity index (χ0n) is 10.3. The highest BCUT2D eigenvalue weighted by Crippen LogP contribution is 2.08. The largest absolute Gasteiger partial charge is 0.320 e. The second kappa shape index (κ2) is 8.41. The van der Waals surface area contributed by atoms with Gasteiger partial charge in [-0.1, -0.05) is 0 Å². The summed E-state index contributed by atoms with van der Waals surface area (Å²) in [6.07, 6.45) is 0.222. The molecule has 1 aromatic heterocycles. The number of sulfonamides is 1. The van der Waals surface area contributed by atoms with Gasteiger partial charge in [-0.2, -0.15) is 5.10 Å². The summed E-state index contributed by atoms with van der Waals surface area (Å²) in [6.45, 7) is 0.353. The van der Waals surface area contributed by atoms with E-state index in [1.54, 1.807) is 7.05 Å². The van der Waals surface area contributed by atoms with Gasteiger partial charge in [0.05, 0.1) is 6.20 Å². The predicted octanol–water partition coefficient (Wildman–Crippen LogP) is 0.458. The summed E-state index contributed by atoms with van der Waals surface area (Å²) in [7, 11) is -1.89. The number of rotatable bonds is 8. The average Bonchev–Trinajstić information content (AvgIpc) is 2.73. The summed E-state index contributed by atoms with van der Waals surface area (Å²) in [6, 6.07) is 0. The van der Waals surface area contributed by atoms with Gasteiger partial charge in [-0.15, -0.1) is 12.4 Å². The smallest absolute Gasteiger partial charge is 0.257 e. The van der Waals surface area contributed by atoms with Crippen LogP contribution in [-0.2, 0) is 16.6 Å². The van der Waals surface area contributed by atoms with E-state index in [1.807, 2.05) is 0 Å². The summed E-state index contributed by atoms with van der Waals surface area (Å²) in [5.74, 6) is 0. The van der Waals surface area contributed by atoms with E-state index in [0.717, 1.165) is 17.1 Å². The molecule has 10 heteroatoms. The van der Waals surface area contributed by atoms with Crippen LogP contribution in [0.5, 0.6) is 0 Å². The Balaban J connectivity index is 0.00000324. The standard InChI is InChI=1S/C9H16F2N4O2S.ClH/c1-12-3-2-4-14-18(16,17)8-5-13-15(6-8)7-9(10)11;/h5-6,9,12,14H,2-4,7H2,1H3;1H. The molecule has 0 atom stereocenters. The molecule has 6 nitrogen and oxygen atoms in total. The molecule has 0 amide bonds. The number of halogens is 3. The summed E-state index contributed by atoms with van der Waals surface area (Å²) in [4.78, 5) is -0.104. The third-order valence-electron chi connectivity index (χ3n) is 2.14. The number of alkyl halides is 2. The highest BCUT2D eigenvalue weighted by Gasteiger charge is 2.16. The minimum atomic E-state index is -3.66. The predicted molar refractivity (Wildman–Crippen MR) is 69.2 cm³/mol. The molecule has 19 heavy (non-hydrogen) atoms. The van der Waals surface area contributed by atoms with Gasteiger partial charge >= 0.3 is 0 Å². The van der Waals surface area contributed by atoms with Crippen molar-refractivity contribution in [3.05, 3.63) is 12.4 Å². The molecule has 0 radical (unpaired) electrons. The van der Waals surface area contributed by atoms with Crippen molar-refractivity contribution in [1.29, 1.82) is 0 Å². The van der Waals surface area contributed by atoms with Crippen molar-refractivity contribution in [3.8, 4) is 0 Å². The van der Waals surface area contributed by atoms with E-state index in [2.05, 4.69) is 15.1 Å². The van der Waals surface area contributed by atoms with E-state index < -0.39 is 23.0 Å². The van der Waals surface area contributed by atoms with Gasteiger partial charge < -0.3 is 5.32 Å². The fourth-order valence-electron chi connectivity index (χ4n) is 1.28. The second-order valence-electron chi connectivity index (χ2n) is 3.64. The molecule has 0 aliphatic carbocycles. The maximum atomic E-state index is 12.1. The van der Waals surface area contributed by atoms with E-state index in [0.29, 0.717) is 13.0 Å². The summed E-state index contributed by atoms with van der Waals surface area (Å²) in [5.41, 5.74) is 0. The second-order valence-corrected chi connectivity index (χ2v) is 5.41. The van der Waals surface area contributed by atoms with Gasteiger partial charge in [-0.25, -0.2) is 21.9 Å². The quantitative estimate of drug-likeness (QED) is 0.683. The van der Waals surface area contributed by atoms with Crippen LogP contribution < -0.4 is 10.0 Å². The normalized spacial score (nSPS) is 11.6. The monoisotopic (exact) mass is 318 g/mol. The molecular formula is C9H17ClF2N4O2S. The van der Waals surface area contributed by atoms with Crippen LogP contribution in [0.3, 0.4) is 0 Å². The lowest BCUT2D eigenvalue weighted by atomic mass is 10.4. The molecule has 1 aromatic rings. The van der Waals surface area contributed by atoms with Crippen LogP contribution in [0.4, 0.5) is 8.78 Å². The molecule has 1 heterocycles. The van der Waals surface area contributed by atoms with Gasteiger partial charge in [0.2, 0.25) is 10.0 Å². The first-order valence-corrected chi connectivity index (χ1v) is 6.89. The van der Waals surface area contributed by atoms with Crippen molar-refractivity contribution in [1.82, 2.24) is 19.8 Å². The van der Waals surface area contributed by atoms with Crippen molar-refractivity contribution in [3.63, 3.8) is 0 Å². The lowest BCUT2D eigenvalue weighted by Crippen LogP contribution is -2.26. The molecule has 0 saturated carbocycles. The minimum Gasteiger partial charge on any atom is -0.320 e. The lowest BCUT2D eigenvalue weighted by molar-refractivity contribution is 0.121. The van der Waals surface area contributed by atoms with Gasteiger partial charge in [-0.3, -0.25) is 4.68 Å². The van der Waals surface area contributed by atoms with E-state index in [1.165, 1.54) is 0 Å². The molecule has 0 unspecified atom stereocenters. The summed E-state index contributed by atoms with van der Waals surface area (Å²) in [5, 5.41) is 6.46. The van der Waals surface area contributed by atoms with Crippen molar-refractivity contribution in [2.75, 3.05) is 20.1 Å². The van der Waals surface area contributed by atoms with Gasteiger partial charge in [-0.05, 0) is 20.0 Å². The molecule has 112 valence electrons. The Bertz CT molecular complexity index is 467. The van der Waals surface area contributed by atoms with Crippen LogP contribution >= 0.6 is 12.4 Å². The molecule has 2 N–H and O–H groups in total. The Morgan fingerprint density at radius 3 is 2.68 bits per heavy atom. The first-order valence-electron chi connectivity index (χ1n) is 5.40. The van der Waals surface area contributed by atoms with Crippen LogP contribution in [0.25, 0.3) is 0 Å². The Labute approximate surface area is 117 Å². The van der Waals surface area contributed by atoms with Crippen LogP contribution in [-0.4, -0.2) is 44.8 Å². The summed E-state index contributed by atoms with van der Waals surface area (Å²) >= 11 is 0. The number of hydrogen-bond acceptors (Lipinski definition) is 4. The van der Waals surface area contributed by atoms with Gasteiger partial charge in [0.25, 0.3) is 6.43 Å². The van der Waals surface area contributed by atoms with Crippen molar-refractivity contribution in [2.45, 2.75) is 24.3 Å². The molecule has 0 saturated heterocycles. The first-order chi connectivity index (χ1) is 8.45. The first kappa shape index (κ1) is 18.2. The highest BCUT2D eigenvalue weighted by atomic mass is 35.5. The van der Waals surface area contributed by atoms with E-state index in [9.17, 15) is 17.2 Å². The maximum Gasteiger partial charge on any atom is 0.257 e. The molecule has 0 aromatic carbocycles. The van der Waals surface area contributed by atoms with Crippen molar-refractivity contribution >= 4 is 22.4 Å². The Morgan fingerprint density at radius 1 is 1.42 bits per heavy atom. The van der Waals surface area contributed by atoms with Gasteiger partial charge in [0.1, 0.15) is 11.4 Å². The zero-order chi connectivity index (χ0) is 13.6. The Hall–Kier alpha value is -0.770. The fraction of sp³-hybridized carbons (Fsp3) is 0.667. The van der Waals surface area contributed by atoms with Crippen molar-refractivity contribution < 1.29 is 17.2 Å². The SMILES string of the molecule is CNCCCNS(=O)(=O)c1cnn(CC(F)F)c1.Cl. The Morgan fingerprint density at radius 2 is 2.11 bits per heavy atom. The molecular weight excluding hydrogens is 302 g/mol. The average molecular weight is 319 g/mol. The van der Waals surface area contributed by atoms with Gasteiger partial charge in [0.15, 0.2) is 0 Å². The minimum absolute atomic E-state index is 0. The Kier molecular flexibility index (Phi) is 8.07. The lowest BCUT2D eigenvalue weighted by Gasteiger charge is -2.04. The maximum absolute atomic E-state index is 12.1. The third kappa shape index (κ3) is 6.28. The van der Waals surface area contributed by atoms with Gasteiger partial charge in [0, 0.05) is 12.7 Å². The molecule has 0 aliphatic rings. The number of nitrogens with zero attached hydrogens (tertiary/aromatic N) is 2. The van der Waals surface area contributed by atoms with Crippen LogP contribution in [0.2, 0.25) is 0 Å². The fourth-order valence-corrected chi connectivity index (χ4v) is 2.31. The number of hydrogen-bond donors (Lipinski definition) is 2. The number of nitrogens with one attached hydrogen (secondary N) is 2. The zero-order valence-corrected chi connectivity index (χ0v) is 12.0. The van der Waals surface area contributed by atoms with Crippen LogP contribution in [0, 0.1) is 0 Å². The molecule has 0 fully saturated rings. The highest BCUT2D eigenvalue weighted by molar-refractivity contribution is 7.89. The van der Waals surface area contributed by atoms with Crippen LogP contribution in [0.1, 0.15) is 6.42 Å². The topological polar surface area (TPSA) is 76.0 Å². The van der Waals surface area contributed by atoms with E-state index >= 15 is 0 Å².